The summed E-state index contributed by atoms with van der Waals surface area (Å²) >= 11 is 0. The molecule has 0 spiro atoms. The molecule has 1 aliphatic heterocycles. The molecule has 0 atom stereocenters. The second-order valence-corrected chi connectivity index (χ2v) is 5.28. The number of nitrogens with zero attached hydrogens (tertiary/aromatic N) is 4. The van der Waals surface area contributed by atoms with Crippen LogP contribution in [0.4, 0.5) is 11.6 Å². The van der Waals surface area contributed by atoms with E-state index in [9.17, 15) is 0 Å². The predicted octanol–water partition coefficient (Wildman–Crippen LogP) is 2.17. The van der Waals surface area contributed by atoms with Crippen molar-refractivity contribution in [1.82, 2.24) is 14.4 Å². The molecule has 2 aromatic rings. The van der Waals surface area contributed by atoms with Gasteiger partial charge in [0.2, 0.25) is 0 Å². The van der Waals surface area contributed by atoms with Gasteiger partial charge in [0.25, 0.3) is 0 Å². The standard InChI is InChI=1S/C15H23N5O/c1-3-16-13-11-20-10-7-17-14(20)15(18-13)19-8-5-12(6-9-19)21-4-2/h7,10-12,16H,3-6,8-9H2,1-2H3. The zero-order chi connectivity index (χ0) is 14.7. The van der Waals surface area contributed by atoms with Gasteiger partial charge < -0.3 is 19.4 Å². The number of hydrogen-bond donors (Lipinski definition) is 1. The second-order valence-electron chi connectivity index (χ2n) is 5.28. The lowest BCUT2D eigenvalue weighted by Gasteiger charge is -2.32. The van der Waals surface area contributed by atoms with Crippen molar-refractivity contribution in [3.63, 3.8) is 0 Å². The molecule has 0 aliphatic carbocycles. The normalized spacial score (nSPS) is 16.6. The van der Waals surface area contributed by atoms with Gasteiger partial charge in [-0.2, -0.15) is 0 Å². The third-order valence-electron chi connectivity index (χ3n) is 3.86. The van der Waals surface area contributed by atoms with Crippen molar-refractivity contribution in [3.8, 4) is 0 Å². The van der Waals surface area contributed by atoms with E-state index in [4.69, 9.17) is 9.72 Å². The summed E-state index contributed by atoms with van der Waals surface area (Å²) in [6.07, 6.45) is 8.26. The summed E-state index contributed by atoms with van der Waals surface area (Å²) in [7, 11) is 0. The first-order chi connectivity index (χ1) is 10.3. The molecule has 0 radical (unpaired) electrons. The molecular weight excluding hydrogens is 266 g/mol. The van der Waals surface area contributed by atoms with E-state index in [1.807, 2.05) is 23.0 Å². The molecule has 0 saturated carbocycles. The molecule has 114 valence electrons. The van der Waals surface area contributed by atoms with E-state index in [-0.39, 0.29) is 0 Å². The average Bonchev–Trinajstić information content (AvgIpc) is 2.96. The lowest BCUT2D eigenvalue weighted by Crippen LogP contribution is -2.38. The Kier molecular flexibility index (Phi) is 4.24. The van der Waals surface area contributed by atoms with Crippen molar-refractivity contribution in [2.75, 3.05) is 36.5 Å². The van der Waals surface area contributed by atoms with Gasteiger partial charge in [-0.25, -0.2) is 9.97 Å². The summed E-state index contributed by atoms with van der Waals surface area (Å²) in [6, 6.07) is 0. The Morgan fingerprint density at radius 3 is 2.86 bits per heavy atom. The maximum atomic E-state index is 5.72. The first-order valence-corrected chi connectivity index (χ1v) is 7.76. The van der Waals surface area contributed by atoms with Crippen LogP contribution in [0.15, 0.2) is 18.6 Å². The third kappa shape index (κ3) is 2.95. The highest BCUT2D eigenvalue weighted by Crippen LogP contribution is 2.25. The second kappa shape index (κ2) is 6.30. The first kappa shape index (κ1) is 14.1. The number of nitrogens with one attached hydrogen (secondary N) is 1. The Balaban J connectivity index is 1.84. The van der Waals surface area contributed by atoms with Crippen molar-refractivity contribution < 1.29 is 4.74 Å². The fraction of sp³-hybridized carbons (Fsp3) is 0.600. The van der Waals surface area contributed by atoms with Gasteiger partial charge >= 0.3 is 0 Å². The molecule has 0 unspecified atom stereocenters. The first-order valence-electron chi connectivity index (χ1n) is 7.76. The smallest absolute Gasteiger partial charge is 0.180 e. The number of imidazole rings is 1. The number of ether oxygens (including phenoxy) is 1. The SMILES string of the molecule is CCNc1cn2ccnc2c(N2CCC(OCC)CC2)n1. The lowest BCUT2D eigenvalue weighted by atomic mass is 10.1. The molecule has 2 aromatic heterocycles. The summed E-state index contributed by atoms with van der Waals surface area (Å²) in [5.41, 5.74) is 0.923. The van der Waals surface area contributed by atoms with Gasteiger partial charge in [-0.15, -0.1) is 0 Å². The van der Waals surface area contributed by atoms with E-state index in [2.05, 4.69) is 29.0 Å². The topological polar surface area (TPSA) is 54.7 Å². The molecule has 6 heteroatoms. The molecular formula is C15H23N5O. The van der Waals surface area contributed by atoms with Crippen LogP contribution in [0.3, 0.4) is 0 Å². The minimum Gasteiger partial charge on any atom is -0.378 e. The maximum absolute atomic E-state index is 5.72. The van der Waals surface area contributed by atoms with Gasteiger partial charge in [-0.1, -0.05) is 0 Å². The zero-order valence-electron chi connectivity index (χ0n) is 12.7. The highest BCUT2D eigenvalue weighted by Gasteiger charge is 2.22. The van der Waals surface area contributed by atoms with Crippen LogP contribution in [0, 0.1) is 0 Å². The van der Waals surface area contributed by atoms with E-state index in [1.165, 1.54) is 0 Å². The van der Waals surface area contributed by atoms with Gasteiger partial charge in [0.15, 0.2) is 11.5 Å². The number of piperidine rings is 1. The van der Waals surface area contributed by atoms with Gasteiger partial charge in [-0.05, 0) is 26.7 Å². The van der Waals surface area contributed by atoms with Crippen LogP contribution in [0.25, 0.3) is 5.65 Å². The van der Waals surface area contributed by atoms with Crippen molar-refractivity contribution >= 4 is 17.3 Å². The average molecular weight is 289 g/mol. The maximum Gasteiger partial charge on any atom is 0.180 e. The Bertz CT molecular complexity index is 589. The fourth-order valence-electron chi connectivity index (χ4n) is 2.86. The van der Waals surface area contributed by atoms with E-state index in [0.29, 0.717) is 6.10 Å². The molecule has 0 bridgehead atoms. The van der Waals surface area contributed by atoms with Gasteiger partial charge in [0, 0.05) is 38.6 Å². The summed E-state index contributed by atoms with van der Waals surface area (Å²) in [6.45, 7) is 7.73. The lowest BCUT2D eigenvalue weighted by molar-refractivity contribution is 0.0458. The molecule has 1 saturated heterocycles. The quantitative estimate of drug-likeness (QED) is 0.914. The number of aromatic nitrogens is 3. The highest BCUT2D eigenvalue weighted by atomic mass is 16.5. The van der Waals surface area contributed by atoms with Crippen molar-refractivity contribution in [2.45, 2.75) is 32.8 Å². The van der Waals surface area contributed by atoms with Crippen molar-refractivity contribution in [1.29, 1.82) is 0 Å². The molecule has 1 aliphatic rings. The summed E-state index contributed by atoms with van der Waals surface area (Å²) in [5.74, 6) is 1.86. The molecule has 21 heavy (non-hydrogen) atoms. The van der Waals surface area contributed by atoms with Crippen LogP contribution in [0.1, 0.15) is 26.7 Å². The largest absolute Gasteiger partial charge is 0.378 e. The summed E-state index contributed by atoms with van der Waals surface area (Å²) in [4.78, 5) is 11.5. The molecule has 0 aromatic carbocycles. The van der Waals surface area contributed by atoms with Crippen molar-refractivity contribution in [3.05, 3.63) is 18.6 Å². The third-order valence-corrected chi connectivity index (χ3v) is 3.86. The Morgan fingerprint density at radius 1 is 1.33 bits per heavy atom. The molecule has 0 amide bonds. The van der Waals surface area contributed by atoms with Gasteiger partial charge in [0.05, 0.1) is 12.3 Å². The van der Waals surface area contributed by atoms with Crippen LogP contribution in [0.2, 0.25) is 0 Å². The molecule has 3 heterocycles. The van der Waals surface area contributed by atoms with E-state index < -0.39 is 0 Å². The van der Waals surface area contributed by atoms with Crippen molar-refractivity contribution in [2.24, 2.45) is 0 Å². The zero-order valence-corrected chi connectivity index (χ0v) is 12.7. The Morgan fingerprint density at radius 2 is 2.14 bits per heavy atom. The van der Waals surface area contributed by atoms with Crippen LogP contribution in [-0.2, 0) is 4.74 Å². The van der Waals surface area contributed by atoms with Crippen LogP contribution in [0.5, 0.6) is 0 Å². The number of anilines is 2. The Labute approximate surface area is 125 Å². The van der Waals surface area contributed by atoms with Crippen LogP contribution < -0.4 is 10.2 Å². The highest BCUT2D eigenvalue weighted by molar-refractivity contribution is 5.67. The summed E-state index contributed by atoms with van der Waals surface area (Å²) in [5, 5.41) is 3.29. The van der Waals surface area contributed by atoms with E-state index >= 15 is 0 Å². The molecule has 1 N–H and O–H groups in total. The molecule has 3 rings (SSSR count). The van der Waals surface area contributed by atoms with Crippen LogP contribution >= 0.6 is 0 Å². The number of hydrogen-bond acceptors (Lipinski definition) is 5. The Hall–Kier alpha value is -1.82. The van der Waals surface area contributed by atoms with Gasteiger partial charge in [-0.3, -0.25) is 0 Å². The minimum atomic E-state index is 0.388. The van der Waals surface area contributed by atoms with E-state index in [1.54, 1.807) is 0 Å². The van der Waals surface area contributed by atoms with E-state index in [0.717, 1.165) is 56.4 Å². The fourth-order valence-corrected chi connectivity index (χ4v) is 2.86. The molecule has 1 fully saturated rings. The summed E-state index contributed by atoms with van der Waals surface area (Å²) < 4.78 is 7.76. The monoisotopic (exact) mass is 289 g/mol. The van der Waals surface area contributed by atoms with Gasteiger partial charge in [0.1, 0.15) is 5.82 Å². The van der Waals surface area contributed by atoms with Crippen LogP contribution in [-0.4, -0.2) is 46.7 Å². The number of fused-ring (bicyclic) bond motifs is 1. The molecule has 6 nitrogen and oxygen atoms in total. The minimum absolute atomic E-state index is 0.388. The predicted molar refractivity (Wildman–Crippen MR) is 84.0 cm³/mol. The number of rotatable bonds is 5.